The number of nitrogens with one attached hydrogen (secondary N) is 1. The molecule has 6 heteroatoms. The van der Waals surface area contributed by atoms with Crippen LogP contribution in [0.4, 0.5) is 14.5 Å². The smallest absolute Gasteiger partial charge is 0.387 e. The average molecular weight is 388 g/mol. The van der Waals surface area contributed by atoms with E-state index in [1.54, 1.807) is 12.1 Å². The molecule has 3 rings (SSSR count). The third kappa shape index (κ3) is 5.05. The number of anilines is 1. The van der Waals surface area contributed by atoms with Crippen molar-refractivity contribution in [2.75, 3.05) is 5.32 Å². The highest BCUT2D eigenvalue weighted by Crippen LogP contribution is 2.29. The monoisotopic (exact) mass is 387 g/mol. The van der Waals surface area contributed by atoms with Crippen molar-refractivity contribution in [3.05, 3.63) is 94.5 Å². The molecule has 0 saturated heterocycles. The van der Waals surface area contributed by atoms with Crippen molar-refractivity contribution in [3.8, 4) is 5.75 Å². The van der Waals surface area contributed by atoms with E-state index in [0.29, 0.717) is 17.7 Å². The molecule has 0 unspecified atom stereocenters. The first-order valence-electron chi connectivity index (χ1n) is 8.20. The predicted molar refractivity (Wildman–Crippen MR) is 102 cm³/mol. The number of carbonyl (C=O) groups is 1. The minimum atomic E-state index is -2.96. The van der Waals surface area contributed by atoms with Gasteiger partial charge in [0.1, 0.15) is 5.75 Å². The number of carbonyl (C=O) groups excluding carboxylic acids is 1. The van der Waals surface area contributed by atoms with E-state index in [-0.39, 0.29) is 16.7 Å². The summed E-state index contributed by atoms with van der Waals surface area (Å²) in [5, 5.41) is 2.73. The lowest BCUT2D eigenvalue weighted by Crippen LogP contribution is -2.14. The van der Waals surface area contributed by atoms with Crippen LogP contribution in [0.2, 0.25) is 5.02 Å². The highest BCUT2D eigenvalue weighted by Gasteiger charge is 2.14. The zero-order valence-corrected chi connectivity index (χ0v) is 14.9. The van der Waals surface area contributed by atoms with Crippen LogP contribution in [0.25, 0.3) is 0 Å². The molecule has 0 atom stereocenters. The quantitative estimate of drug-likeness (QED) is 0.581. The van der Waals surface area contributed by atoms with E-state index in [1.165, 1.54) is 18.2 Å². The highest BCUT2D eigenvalue weighted by atomic mass is 35.5. The molecule has 0 aromatic heterocycles. The van der Waals surface area contributed by atoms with Gasteiger partial charge in [-0.05, 0) is 41.8 Å². The Morgan fingerprint density at radius 2 is 1.70 bits per heavy atom. The van der Waals surface area contributed by atoms with E-state index in [1.807, 2.05) is 42.5 Å². The number of amides is 1. The van der Waals surface area contributed by atoms with Gasteiger partial charge in [0.2, 0.25) is 0 Å². The molecule has 0 radical (unpaired) electrons. The number of halogens is 3. The van der Waals surface area contributed by atoms with Gasteiger partial charge in [-0.2, -0.15) is 8.78 Å². The van der Waals surface area contributed by atoms with E-state index >= 15 is 0 Å². The molecule has 0 spiro atoms. The molecule has 0 saturated carbocycles. The Kier molecular flexibility index (Phi) is 6.04. The van der Waals surface area contributed by atoms with Gasteiger partial charge in [0.25, 0.3) is 5.91 Å². The molecule has 0 heterocycles. The van der Waals surface area contributed by atoms with Crippen LogP contribution in [0.15, 0.2) is 72.8 Å². The van der Waals surface area contributed by atoms with Gasteiger partial charge in [0.15, 0.2) is 0 Å². The molecule has 3 aromatic carbocycles. The van der Waals surface area contributed by atoms with Gasteiger partial charge in [-0.25, -0.2) is 0 Å². The Bertz CT molecular complexity index is 932. The van der Waals surface area contributed by atoms with E-state index in [0.717, 1.165) is 11.1 Å². The largest absolute Gasteiger partial charge is 0.433 e. The van der Waals surface area contributed by atoms with Crippen molar-refractivity contribution < 1.29 is 18.3 Å². The minimum Gasteiger partial charge on any atom is -0.433 e. The number of rotatable bonds is 6. The van der Waals surface area contributed by atoms with Crippen molar-refractivity contribution >= 4 is 23.2 Å². The number of hydrogen-bond donors (Lipinski definition) is 1. The molecule has 3 nitrogen and oxygen atoms in total. The lowest BCUT2D eigenvalue weighted by molar-refractivity contribution is -0.0497. The molecule has 0 aliphatic rings. The van der Waals surface area contributed by atoms with E-state index in [2.05, 4.69) is 10.1 Å². The third-order valence-electron chi connectivity index (χ3n) is 3.91. The van der Waals surface area contributed by atoms with Crippen molar-refractivity contribution in [3.63, 3.8) is 0 Å². The van der Waals surface area contributed by atoms with Crippen molar-refractivity contribution in [2.24, 2.45) is 0 Å². The van der Waals surface area contributed by atoms with E-state index in [4.69, 9.17) is 11.6 Å². The summed E-state index contributed by atoms with van der Waals surface area (Å²) in [5.41, 5.74) is 2.89. The molecule has 0 bridgehead atoms. The topological polar surface area (TPSA) is 38.3 Å². The molecule has 0 aliphatic heterocycles. The van der Waals surface area contributed by atoms with Gasteiger partial charge >= 0.3 is 6.61 Å². The molecule has 138 valence electrons. The fourth-order valence-electron chi connectivity index (χ4n) is 2.68. The highest BCUT2D eigenvalue weighted by molar-refractivity contribution is 6.32. The Morgan fingerprint density at radius 1 is 1.00 bits per heavy atom. The van der Waals surface area contributed by atoms with Crippen LogP contribution in [0.3, 0.4) is 0 Å². The number of benzene rings is 3. The summed E-state index contributed by atoms with van der Waals surface area (Å²) < 4.78 is 28.9. The standard InChI is InChI=1S/C21H16ClF2NO2/c22-18-13-16(10-11-19(18)27-21(23)24)25-20(26)17-9-5-4-8-15(17)12-14-6-2-1-3-7-14/h1-11,13,21H,12H2,(H,25,26). The normalized spacial score (nSPS) is 10.7. The Labute approximate surface area is 160 Å². The summed E-state index contributed by atoms with van der Waals surface area (Å²) in [4.78, 5) is 12.7. The summed E-state index contributed by atoms with van der Waals surface area (Å²) in [5.74, 6) is -0.450. The first-order valence-corrected chi connectivity index (χ1v) is 8.58. The lowest BCUT2D eigenvalue weighted by atomic mass is 9.99. The molecule has 27 heavy (non-hydrogen) atoms. The predicted octanol–water partition coefficient (Wildman–Crippen LogP) is 5.78. The van der Waals surface area contributed by atoms with Gasteiger partial charge in [-0.15, -0.1) is 0 Å². The van der Waals surface area contributed by atoms with Gasteiger partial charge in [0, 0.05) is 11.3 Å². The summed E-state index contributed by atoms with van der Waals surface area (Å²) in [6, 6.07) is 21.3. The fourth-order valence-corrected chi connectivity index (χ4v) is 2.91. The maximum atomic E-state index is 12.7. The van der Waals surface area contributed by atoms with Crippen LogP contribution < -0.4 is 10.1 Å². The molecular weight excluding hydrogens is 372 g/mol. The second kappa shape index (κ2) is 8.64. The molecular formula is C21H16ClF2NO2. The van der Waals surface area contributed by atoms with Crippen LogP contribution in [0.5, 0.6) is 5.75 Å². The van der Waals surface area contributed by atoms with Crippen molar-refractivity contribution in [2.45, 2.75) is 13.0 Å². The SMILES string of the molecule is O=C(Nc1ccc(OC(F)F)c(Cl)c1)c1ccccc1Cc1ccccc1. The number of ether oxygens (including phenoxy) is 1. The third-order valence-corrected chi connectivity index (χ3v) is 4.20. The summed E-state index contributed by atoms with van der Waals surface area (Å²) in [7, 11) is 0. The van der Waals surface area contributed by atoms with Crippen molar-refractivity contribution in [1.29, 1.82) is 0 Å². The Balaban J connectivity index is 1.78. The second-order valence-electron chi connectivity index (χ2n) is 5.80. The fraction of sp³-hybridized carbons (Fsp3) is 0.0952. The van der Waals surface area contributed by atoms with Crippen LogP contribution >= 0.6 is 11.6 Å². The average Bonchev–Trinajstić information content (AvgIpc) is 2.65. The van der Waals surface area contributed by atoms with Crippen LogP contribution in [-0.2, 0) is 6.42 Å². The number of hydrogen-bond acceptors (Lipinski definition) is 2. The van der Waals surface area contributed by atoms with Crippen molar-refractivity contribution in [1.82, 2.24) is 0 Å². The van der Waals surface area contributed by atoms with Gasteiger partial charge in [-0.3, -0.25) is 4.79 Å². The molecule has 0 fully saturated rings. The maximum Gasteiger partial charge on any atom is 0.387 e. The number of alkyl halides is 2. The zero-order chi connectivity index (χ0) is 19.2. The summed E-state index contributed by atoms with van der Waals surface area (Å²) >= 11 is 5.93. The molecule has 1 N–H and O–H groups in total. The van der Waals surface area contributed by atoms with E-state index < -0.39 is 6.61 Å². The molecule has 3 aromatic rings. The van der Waals surface area contributed by atoms with E-state index in [9.17, 15) is 13.6 Å². The molecule has 1 amide bonds. The van der Waals surface area contributed by atoms with Crippen LogP contribution in [0, 0.1) is 0 Å². The summed E-state index contributed by atoms with van der Waals surface area (Å²) in [6.07, 6.45) is 0.617. The van der Waals surface area contributed by atoms with Crippen LogP contribution in [0.1, 0.15) is 21.5 Å². The Hall–Kier alpha value is -2.92. The summed E-state index contributed by atoms with van der Waals surface area (Å²) in [6.45, 7) is -2.96. The second-order valence-corrected chi connectivity index (χ2v) is 6.20. The minimum absolute atomic E-state index is 0.00864. The first kappa shape index (κ1) is 18.9. The Morgan fingerprint density at radius 3 is 2.41 bits per heavy atom. The maximum absolute atomic E-state index is 12.7. The lowest BCUT2D eigenvalue weighted by Gasteiger charge is -2.12. The van der Waals surface area contributed by atoms with Gasteiger partial charge in [-0.1, -0.05) is 60.1 Å². The van der Waals surface area contributed by atoms with Gasteiger partial charge in [0.05, 0.1) is 5.02 Å². The zero-order valence-electron chi connectivity index (χ0n) is 14.2. The van der Waals surface area contributed by atoms with Crippen LogP contribution in [-0.4, -0.2) is 12.5 Å². The van der Waals surface area contributed by atoms with Gasteiger partial charge < -0.3 is 10.1 Å². The molecule has 0 aliphatic carbocycles. The first-order chi connectivity index (χ1) is 13.0.